The summed E-state index contributed by atoms with van der Waals surface area (Å²) in [6.07, 6.45) is 1.02. The van der Waals surface area contributed by atoms with Crippen LogP contribution < -0.4 is 0 Å². The van der Waals surface area contributed by atoms with Gasteiger partial charge in [-0.3, -0.25) is 4.79 Å². The van der Waals surface area contributed by atoms with Gasteiger partial charge in [-0.05, 0) is 48.2 Å². The van der Waals surface area contributed by atoms with Crippen molar-refractivity contribution in [3.63, 3.8) is 0 Å². The predicted molar refractivity (Wildman–Crippen MR) is 82.5 cm³/mol. The van der Waals surface area contributed by atoms with Crippen molar-refractivity contribution in [3.05, 3.63) is 69.2 Å². The van der Waals surface area contributed by atoms with E-state index in [0.29, 0.717) is 12.8 Å². The van der Waals surface area contributed by atoms with Gasteiger partial charge in [0.2, 0.25) is 0 Å². The highest BCUT2D eigenvalue weighted by atomic mass is 79.9. The number of halogens is 1. The Kier molecular flexibility index (Phi) is 4.54. The molecule has 2 rings (SSSR count). The number of rotatable bonds is 4. The molecule has 0 unspecified atom stereocenters. The van der Waals surface area contributed by atoms with E-state index in [9.17, 15) is 4.79 Å². The summed E-state index contributed by atoms with van der Waals surface area (Å²) in [7, 11) is 0. The van der Waals surface area contributed by atoms with E-state index >= 15 is 0 Å². The minimum atomic E-state index is 0.264. The van der Waals surface area contributed by atoms with Crippen LogP contribution in [0.1, 0.15) is 22.3 Å². The van der Waals surface area contributed by atoms with Crippen LogP contribution in [-0.2, 0) is 17.6 Å². The van der Waals surface area contributed by atoms with Gasteiger partial charge in [0, 0.05) is 17.3 Å². The molecule has 0 heterocycles. The molecule has 0 N–H and O–H groups in total. The highest BCUT2D eigenvalue weighted by Crippen LogP contribution is 2.16. The number of benzene rings is 2. The van der Waals surface area contributed by atoms with Gasteiger partial charge < -0.3 is 0 Å². The molecule has 0 spiro atoms. The number of ketones is 1. The smallest absolute Gasteiger partial charge is 0.141 e. The van der Waals surface area contributed by atoms with Gasteiger partial charge >= 0.3 is 0 Å². The molecule has 2 heteroatoms. The third kappa shape index (κ3) is 3.77. The van der Waals surface area contributed by atoms with Crippen LogP contribution in [0.5, 0.6) is 0 Å². The Labute approximate surface area is 122 Å². The highest BCUT2D eigenvalue weighted by molar-refractivity contribution is 9.10. The monoisotopic (exact) mass is 316 g/mol. The number of aryl methyl sites for hydroxylation is 2. The van der Waals surface area contributed by atoms with Crippen LogP contribution in [0.2, 0.25) is 0 Å². The zero-order chi connectivity index (χ0) is 13.8. The summed E-state index contributed by atoms with van der Waals surface area (Å²) >= 11 is 3.40. The molecule has 0 bridgehead atoms. The summed E-state index contributed by atoms with van der Waals surface area (Å²) in [6.45, 7) is 4.13. The van der Waals surface area contributed by atoms with Gasteiger partial charge in [0.15, 0.2) is 0 Å². The molecule has 2 aromatic rings. The van der Waals surface area contributed by atoms with Gasteiger partial charge in [-0.15, -0.1) is 0 Å². The maximum absolute atomic E-state index is 12.2. The van der Waals surface area contributed by atoms with E-state index in [4.69, 9.17) is 0 Å². The SMILES string of the molecule is Cc1cccc(C)c1CC(=O)Cc1ccc(Br)cc1. The van der Waals surface area contributed by atoms with Crippen molar-refractivity contribution in [2.45, 2.75) is 26.7 Å². The molecule has 0 aliphatic heterocycles. The highest BCUT2D eigenvalue weighted by Gasteiger charge is 2.09. The van der Waals surface area contributed by atoms with E-state index in [-0.39, 0.29) is 5.78 Å². The molecule has 0 atom stereocenters. The van der Waals surface area contributed by atoms with Gasteiger partial charge in [-0.2, -0.15) is 0 Å². The molecule has 0 aliphatic carbocycles. The average molecular weight is 317 g/mol. The molecule has 1 nitrogen and oxygen atoms in total. The predicted octanol–water partition coefficient (Wildman–Crippen LogP) is 4.42. The first-order chi connectivity index (χ1) is 9.06. The molecule has 0 radical (unpaired) electrons. The summed E-state index contributed by atoms with van der Waals surface area (Å²) in [5.41, 5.74) is 4.64. The average Bonchev–Trinajstić information content (AvgIpc) is 2.37. The fraction of sp³-hybridized carbons (Fsp3) is 0.235. The lowest BCUT2D eigenvalue weighted by atomic mass is 9.96. The summed E-state index contributed by atoms with van der Waals surface area (Å²) in [5.74, 6) is 0.264. The third-order valence-electron chi connectivity index (χ3n) is 3.33. The maximum atomic E-state index is 12.2. The number of hydrogen-bond acceptors (Lipinski definition) is 1. The van der Waals surface area contributed by atoms with Gasteiger partial charge in [-0.1, -0.05) is 46.3 Å². The van der Waals surface area contributed by atoms with Crippen molar-refractivity contribution in [3.8, 4) is 0 Å². The van der Waals surface area contributed by atoms with E-state index in [1.165, 1.54) is 16.7 Å². The maximum Gasteiger partial charge on any atom is 0.141 e. The lowest BCUT2D eigenvalue weighted by molar-refractivity contribution is -0.117. The van der Waals surface area contributed by atoms with Gasteiger partial charge in [0.1, 0.15) is 5.78 Å². The molecule has 19 heavy (non-hydrogen) atoms. The van der Waals surface area contributed by atoms with E-state index < -0.39 is 0 Å². The molecular weight excluding hydrogens is 300 g/mol. The Morgan fingerprint density at radius 1 is 0.947 bits per heavy atom. The van der Waals surface area contributed by atoms with Crippen LogP contribution in [-0.4, -0.2) is 5.78 Å². The minimum Gasteiger partial charge on any atom is -0.299 e. The first-order valence-electron chi connectivity index (χ1n) is 6.37. The standard InChI is InChI=1S/C17H17BrO/c1-12-4-3-5-13(2)17(12)11-16(19)10-14-6-8-15(18)9-7-14/h3-9H,10-11H2,1-2H3. The summed E-state index contributed by atoms with van der Waals surface area (Å²) in [4.78, 5) is 12.2. The zero-order valence-electron chi connectivity index (χ0n) is 11.2. The molecule has 0 fully saturated rings. The van der Waals surface area contributed by atoms with Crippen LogP contribution in [0, 0.1) is 13.8 Å². The molecule has 0 aliphatic rings. The lowest BCUT2D eigenvalue weighted by Gasteiger charge is -2.09. The van der Waals surface area contributed by atoms with Crippen LogP contribution >= 0.6 is 15.9 Å². The van der Waals surface area contributed by atoms with Crippen molar-refractivity contribution < 1.29 is 4.79 Å². The van der Waals surface area contributed by atoms with Crippen molar-refractivity contribution >= 4 is 21.7 Å². The Balaban J connectivity index is 2.07. The molecule has 0 saturated heterocycles. The summed E-state index contributed by atoms with van der Waals surface area (Å²) in [6, 6.07) is 14.1. The van der Waals surface area contributed by atoms with E-state index in [0.717, 1.165) is 10.0 Å². The third-order valence-corrected chi connectivity index (χ3v) is 3.86. The topological polar surface area (TPSA) is 17.1 Å². The second kappa shape index (κ2) is 6.16. The van der Waals surface area contributed by atoms with Crippen LogP contribution in [0.4, 0.5) is 0 Å². The Morgan fingerprint density at radius 2 is 1.53 bits per heavy atom. The summed E-state index contributed by atoms with van der Waals surface area (Å²) in [5, 5.41) is 0. The van der Waals surface area contributed by atoms with Gasteiger partial charge in [0.05, 0.1) is 0 Å². The van der Waals surface area contributed by atoms with Crippen LogP contribution in [0.3, 0.4) is 0 Å². The fourth-order valence-electron chi connectivity index (χ4n) is 2.22. The lowest BCUT2D eigenvalue weighted by Crippen LogP contribution is -2.08. The van der Waals surface area contributed by atoms with Crippen molar-refractivity contribution in [2.75, 3.05) is 0 Å². The Hall–Kier alpha value is -1.41. The number of carbonyl (C=O) groups is 1. The Morgan fingerprint density at radius 3 is 2.11 bits per heavy atom. The molecule has 2 aromatic carbocycles. The van der Waals surface area contributed by atoms with E-state index in [1.807, 2.05) is 30.3 Å². The normalized spacial score (nSPS) is 10.5. The zero-order valence-corrected chi connectivity index (χ0v) is 12.8. The van der Waals surface area contributed by atoms with E-state index in [1.54, 1.807) is 0 Å². The second-order valence-electron chi connectivity index (χ2n) is 4.89. The molecular formula is C17H17BrO. The van der Waals surface area contributed by atoms with Crippen molar-refractivity contribution in [2.24, 2.45) is 0 Å². The molecule has 0 amide bonds. The van der Waals surface area contributed by atoms with Gasteiger partial charge in [-0.25, -0.2) is 0 Å². The first kappa shape index (κ1) is 14.0. The molecule has 0 aromatic heterocycles. The van der Waals surface area contributed by atoms with Gasteiger partial charge in [0.25, 0.3) is 0 Å². The van der Waals surface area contributed by atoms with E-state index in [2.05, 4.69) is 41.9 Å². The van der Waals surface area contributed by atoms with Crippen LogP contribution in [0.25, 0.3) is 0 Å². The largest absolute Gasteiger partial charge is 0.299 e. The van der Waals surface area contributed by atoms with Crippen molar-refractivity contribution in [1.29, 1.82) is 0 Å². The number of hydrogen-bond donors (Lipinski definition) is 0. The second-order valence-corrected chi connectivity index (χ2v) is 5.80. The van der Waals surface area contributed by atoms with Crippen LogP contribution in [0.15, 0.2) is 46.9 Å². The summed E-state index contributed by atoms with van der Waals surface area (Å²) < 4.78 is 1.04. The van der Waals surface area contributed by atoms with Crippen molar-refractivity contribution in [1.82, 2.24) is 0 Å². The number of carbonyl (C=O) groups excluding carboxylic acids is 1. The quantitative estimate of drug-likeness (QED) is 0.816. The first-order valence-corrected chi connectivity index (χ1v) is 7.17. The fourth-order valence-corrected chi connectivity index (χ4v) is 2.48. The Bertz CT molecular complexity index is 564. The number of Topliss-reactive ketones (excluding diaryl/α,β-unsaturated/α-hetero) is 1. The minimum absolute atomic E-state index is 0.264. The molecule has 98 valence electrons. The molecule has 0 saturated carbocycles.